The summed E-state index contributed by atoms with van der Waals surface area (Å²) in [6.07, 6.45) is 4.48. The highest BCUT2D eigenvalue weighted by Crippen LogP contribution is 2.18. The van der Waals surface area contributed by atoms with E-state index in [-0.39, 0.29) is 6.04 Å². The summed E-state index contributed by atoms with van der Waals surface area (Å²) in [4.78, 5) is 11.1. The Bertz CT molecular complexity index is 332. The summed E-state index contributed by atoms with van der Waals surface area (Å²) in [6.45, 7) is 0. The lowest BCUT2D eigenvalue weighted by Crippen LogP contribution is -2.22. The Morgan fingerprint density at radius 3 is 2.54 bits per heavy atom. The normalized spacial score (nSPS) is 27.5. The van der Waals surface area contributed by atoms with Crippen LogP contribution in [0, 0.1) is 5.92 Å². The largest absolute Gasteiger partial charge is 0.345 e. The molecule has 5 nitrogen and oxygen atoms in total. The van der Waals surface area contributed by atoms with Crippen LogP contribution in [-0.4, -0.2) is 26.7 Å². The zero-order chi connectivity index (χ0) is 10.1. The SMILES string of the molecule is CS(=O)(=O)OC(=O)[C@@H]1C=C[C@H](N)C1. The van der Waals surface area contributed by atoms with Gasteiger partial charge in [-0.2, -0.15) is 8.42 Å². The van der Waals surface area contributed by atoms with Gasteiger partial charge in [-0.25, -0.2) is 0 Å². The van der Waals surface area contributed by atoms with Crippen LogP contribution >= 0.6 is 0 Å². The van der Waals surface area contributed by atoms with E-state index in [1.54, 1.807) is 12.2 Å². The van der Waals surface area contributed by atoms with Crippen LogP contribution in [0.3, 0.4) is 0 Å². The fourth-order valence-electron chi connectivity index (χ4n) is 1.11. The zero-order valence-corrected chi connectivity index (χ0v) is 7.95. The van der Waals surface area contributed by atoms with Gasteiger partial charge in [0.15, 0.2) is 0 Å². The topological polar surface area (TPSA) is 86.5 Å². The van der Waals surface area contributed by atoms with Crippen molar-refractivity contribution in [2.75, 3.05) is 6.26 Å². The van der Waals surface area contributed by atoms with Crippen molar-refractivity contribution in [1.82, 2.24) is 0 Å². The first kappa shape index (κ1) is 10.2. The van der Waals surface area contributed by atoms with Crippen LogP contribution < -0.4 is 5.73 Å². The van der Waals surface area contributed by atoms with E-state index in [1.165, 1.54) is 0 Å². The molecule has 0 fully saturated rings. The highest BCUT2D eigenvalue weighted by molar-refractivity contribution is 7.86. The van der Waals surface area contributed by atoms with E-state index >= 15 is 0 Å². The van der Waals surface area contributed by atoms with Crippen molar-refractivity contribution in [3.8, 4) is 0 Å². The number of carbonyl (C=O) groups is 1. The minimum absolute atomic E-state index is 0.183. The fraction of sp³-hybridized carbons (Fsp3) is 0.571. The van der Waals surface area contributed by atoms with Crippen LogP contribution in [0.25, 0.3) is 0 Å². The molecule has 0 heterocycles. The predicted molar refractivity (Wildman–Crippen MR) is 46.2 cm³/mol. The molecule has 1 aliphatic rings. The van der Waals surface area contributed by atoms with Crippen LogP contribution in [0.15, 0.2) is 12.2 Å². The third-order valence-corrected chi connectivity index (χ3v) is 2.12. The first-order chi connectivity index (χ1) is 5.88. The molecule has 0 unspecified atom stereocenters. The number of hydrogen-bond donors (Lipinski definition) is 1. The Morgan fingerprint density at radius 1 is 1.54 bits per heavy atom. The molecule has 0 amide bonds. The van der Waals surface area contributed by atoms with Gasteiger partial charge in [-0.3, -0.25) is 4.79 Å². The van der Waals surface area contributed by atoms with Crippen LogP contribution in [0.5, 0.6) is 0 Å². The Hall–Kier alpha value is -0.880. The van der Waals surface area contributed by atoms with Gasteiger partial charge >= 0.3 is 16.1 Å². The van der Waals surface area contributed by atoms with E-state index in [9.17, 15) is 13.2 Å². The number of rotatable bonds is 2. The molecule has 0 saturated heterocycles. The molecular weight excluding hydrogens is 194 g/mol. The molecule has 1 rings (SSSR count). The lowest BCUT2D eigenvalue weighted by molar-refractivity contribution is -0.136. The summed E-state index contributed by atoms with van der Waals surface area (Å²) >= 11 is 0. The van der Waals surface area contributed by atoms with E-state index in [0.29, 0.717) is 6.42 Å². The lowest BCUT2D eigenvalue weighted by Gasteiger charge is -2.06. The minimum atomic E-state index is -3.70. The zero-order valence-electron chi connectivity index (χ0n) is 7.14. The standard InChI is InChI=1S/C7H11NO4S/c1-13(10,11)12-7(9)5-2-3-6(8)4-5/h2-3,5-6H,4,8H2,1H3/t5-,6+/m1/s1. The monoisotopic (exact) mass is 205 g/mol. The van der Waals surface area contributed by atoms with E-state index in [1.807, 2.05) is 0 Å². The molecule has 2 N–H and O–H groups in total. The second kappa shape index (κ2) is 3.47. The predicted octanol–water partition coefficient (Wildman–Crippen LogP) is -0.607. The first-order valence-corrected chi connectivity index (χ1v) is 5.57. The lowest BCUT2D eigenvalue weighted by atomic mass is 10.1. The quantitative estimate of drug-likeness (QED) is 0.480. The third-order valence-electron chi connectivity index (χ3n) is 1.65. The molecule has 0 aliphatic heterocycles. The van der Waals surface area contributed by atoms with Gasteiger partial charge in [0.1, 0.15) is 0 Å². The van der Waals surface area contributed by atoms with Gasteiger partial charge in [-0.15, -0.1) is 0 Å². The summed E-state index contributed by atoms with van der Waals surface area (Å²) in [6, 6.07) is -0.183. The average Bonchev–Trinajstić information content (AvgIpc) is 2.31. The van der Waals surface area contributed by atoms with E-state index in [0.717, 1.165) is 6.26 Å². The maximum absolute atomic E-state index is 11.1. The average molecular weight is 205 g/mol. The molecule has 0 aromatic rings. The molecule has 1 aliphatic carbocycles. The Morgan fingerprint density at radius 2 is 2.15 bits per heavy atom. The molecule has 13 heavy (non-hydrogen) atoms. The van der Waals surface area contributed by atoms with E-state index in [4.69, 9.17) is 5.73 Å². The van der Waals surface area contributed by atoms with Gasteiger partial charge in [0, 0.05) is 6.04 Å². The van der Waals surface area contributed by atoms with Gasteiger partial charge < -0.3 is 9.92 Å². The fourth-order valence-corrected chi connectivity index (χ4v) is 1.53. The summed E-state index contributed by atoms with van der Waals surface area (Å²) in [5.41, 5.74) is 5.48. The maximum Gasteiger partial charge on any atom is 0.328 e. The molecule has 0 saturated carbocycles. The van der Waals surface area contributed by atoms with Crippen molar-refractivity contribution in [3.05, 3.63) is 12.2 Å². The number of nitrogens with two attached hydrogens (primary N) is 1. The summed E-state index contributed by atoms with van der Waals surface area (Å²) < 4.78 is 25.4. The van der Waals surface area contributed by atoms with Crippen molar-refractivity contribution in [2.24, 2.45) is 11.7 Å². The van der Waals surface area contributed by atoms with Crippen molar-refractivity contribution in [1.29, 1.82) is 0 Å². The van der Waals surface area contributed by atoms with Crippen molar-refractivity contribution in [3.63, 3.8) is 0 Å². The third kappa shape index (κ3) is 3.16. The van der Waals surface area contributed by atoms with Crippen LogP contribution in [-0.2, 0) is 19.1 Å². The first-order valence-electron chi connectivity index (χ1n) is 3.76. The van der Waals surface area contributed by atoms with Crippen molar-refractivity contribution >= 4 is 16.1 Å². The summed E-state index contributed by atoms with van der Waals surface area (Å²) in [5.74, 6) is -1.28. The molecule has 0 radical (unpaired) electrons. The molecule has 0 bridgehead atoms. The number of carbonyl (C=O) groups excluding carboxylic acids is 1. The molecule has 0 aromatic heterocycles. The Balaban J connectivity index is 2.56. The Kier molecular flexibility index (Phi) is 2.72. The van der Waals surface area contributed by atoms with E-state index in [2.05, 4.69) is 4.18 Å². The van der Waals surface area contributed by atoms with Gasteiger partial charge in [0.25, 0.3) is 0 Å². The van der Waals surface area contributed by atoms with E-state index < -0.39 is 22.0 Å². The molecule has 6 heteroatoms. The Labute approximate surface area is 76.7 Å². The molecule has 0 aromatic carbocycles. The highest BCUT2D eigenvalue weighted by Gasteiger charge is 2.26. The molecular formula is C7H11NO4S. The van der Waals surface area contributed by atoms with Crippen molar-refractivity contribution in [2.45, 2.75) is 12.5 Å². The highest BCUT2D eigenvalue weighted by atomic mass is 32.2. The van der Waals surface area contributed by atoms with Crippen LogP contribution in [0.1, 0.15) is 6.42 Å². The van der Waals surface area contributed by atoms with Gasteiger partial charge in [0.05, 0.1) is 12.2 Å². The van der Waals surface area contributed by atoms with Gasteiger partial charge in [-0.05, 0) is 6.42 Å². The molecule has 74 valence electrons. The minimum Gasteiger partial charge on any atom is -0.345 e. The van der Waals surface area contributed by atoms with Crippen LogP contribution in [0.4, 0.5) is 0 Å². The van der Waals surface area contributed by atoms with Crippen molar-refractivity contribution < 1.29 is 17.4 Å². The second-order valence-electron chi connectivity index (χ2n) is 3.00. The van der Waals surface area contributed by atoms with Gasteiger partial charge in [0.2, 0.25) is 0 Å². The molecule has 0 spiro atoms. The van der Waals surface area contributed by atoms with Crippen LogP contribution in [0.2, 0.25) is 0 Å². The molecule has 2 atom stereocenters. The summed E-state index contributed by atoms with van der Waals surface area (Å²) in [5, 5.41) is 0. The number of hydrogen-bond acceptors (Lipinski definition) is 5. The summed E-state index contributed by atoms with van der Waals surface area (Å²) in [7, 11) is -3.70. The van der Waals surface area contributed by atoms with Gasteiger partial charge in [-0.1, -0.05) is 12.2 Å². The maximum atomic E-state index is 11.1. The smallest absolute Gasteiger partial charge is 0.328 e. The second-order valence-corrected chi connectivity index (χ2v) is 4.57.